The van der Waals surface area contributed by atoms with Gasteiger partial charge in [0.1, 0.15) is 5.82 Å². The highest BCUT2D eigenvalue weighted by Crippen LogP contribution is 2.26. The molecule has 1 aliphatic rings. The zero-order valence-electron chi connectivity index (χ0n) is 14.1. The smallest absolute Gasteiger partial charge is 0.226 e. The van der Waals surface area contributed by atoms with Gasteiger partial charge in [0.2, 0.25) is 5.91 Å². The summed E-state index contributed by atoms with van der Waals surface area (Å²) in [5, 5.41) is 0. The summed E-state index contributed by atoms with van der Waals surface area (Å²) in [5.74, 6) is 1.60. The van der Waals surface area contributed by atoms with Gasteiger partial charge >= 0.3 is 0 Å². The van der Waals surface area contributed by atoms with E-state index in [1.165, 1.54) is 5.56 Å². The molecule has 0 N–H and O–H groups in total. The zero-order chi connectivity index (χ0) is 16.8. The van der Waals surface area contributed by atoms with Crippen LogP contribution in [-0.4, -0.2) is 38.4 Å². The number of piperidine rings is 1. The van der Waals surface area contributed by atoms with Gasteiger partial charge < -0.3 is 9.47 Å². The van der Waals surface area contributed by atoms with Crippen LogP contribution in [0.3, 0.4) is 0 Å². The molecule has 5 nitrogen and oxygen atoms in total. The summed E-state index contributed by atoms with van der Waals surface area (Å²) in [6.07, 6.45) is 14.0. The minimum atomic E-state index is 0.213. The number of amides is 1. The molecule has 0 radical (unpaired) electrons. The maximum atomic E-state index is 12.3. The van der Waals surface area contributed by atoms with Crippen LogP contribution in [0.25, 0.3) is 0 Å². The topological polar surface area (TPSA) is 51.0 Å². The Hall–Kier alpha value is -2.43. The second-order valence-electron chi connectivity index (χ2n) is 6.22. The molecular formula is C19H24N4O. The third-order valence-electron chi connectivity index (χ3n) is 4.52. The predicted octanol–water partition coefficient (Wildman–Crippen LogP) is 3.00. The van der Waals surface area contributed by atoms with E-state index in [1.54, 1.807) is 0 Å². The van der Waals surface area contributed by atoms with Gasteiger partial charge in [0.15, 0.2) is 0 Å². The Kier molecular flexibility index (Phi) is 5.41. The second-order valence-corrected chi connectivity index (χ2v) is 6.22. The van der Waals surface area contributed by atoms with Crippen molar-refractivity contribution in [3.05, 3.63) is 60.5 Å². The van der Waals surface area contributed by atoms with E-state index in [9.17, 15) is 4.79 Å². The largest absolute Gasteiger partial charge is 0.342 e. The first kappa shape index (κ1) is 16.4. The minimum absolute atomic E-state index is 0.213. The number of aromatic nitrogens is 3. The van der Waals surface area contributed by atoms with Gasteiger partial charge in [0, 0.05) is 56.8 Å². The Morgan fingerprint density at radius 1 is 1.33 bits per heavy atom. The van der Waals surface area contributed by atoms with Gasteiger partial charge in [-0.05, 0) is 37.5 Å². The Balaban J connectivity index is 1.70. The summed E-state index contributed by atoms with van der Waals surface area (Å²) in [6.45, 7) is 4.37. The van der Waals surface area contributed by atoms with Crippen molar-refractivity contribution in [3.63, 3.8) is 0 Å². The molecule has 0 saturated carbocycles. The van der Waals surface area contributed by atoms with Crippen molar-refractivity contribution in [3.8, 4) is 0 Å². The van der Waals surface area contributed by atoms with Crippen LogP contribution in [0, 0.1) is 0 Å². The molecule has 0 unspecified atom stereocenters. The fourth-order valence-corrected chi connectivity index (χ4v) is 3.26. The molecule has 1 saturated heterocycles. The van der Waals surface area contributed by atoms with Crippen molar-refractivity contribution in [2.24, 2.45) is 0 Å². The van der Waals surface area contributed by atoms with Gasteiger partial charge in [-0.25, -0.2) is 4.98 Å². The summed E-state index contributed by atoms with van der Waals surface area (Å²) in [6, 6.07) is 4.05. The van der Waals surface area contributed by atoms with Gasteiger partial charge in [-0.1, -0.05) is 12.2 Å². The van der Waals surface area contributed by atoms with Crippen LogP contribution in [0.5, 0.6) is 0 Å². The molecular weight excluding hydrogens is 300 g/mol. The lowest BCUT2D eigenvalue weighted by molar-refractivity contribution is -0.131. The Morgan fingerprint density at radius 2 is 2.17 bits per heavy atom. The Bertz CT molecular complexity index is 692. The van der Waals surface area contributed by atoms with E-state index < -0.39 is 0 Å². The first-order valence-corrected chi connectivity index (χ1v) is 8.56. The van der Waals surface area contributed by atoms with Crippen LogP contribution < -0.4 is 0 Å². The number of nitrogens with zero attached hydrogens (tertiary/aromatic N) is 4. The van der Waals surface area contributed by atoms with E-state index in [4.69, 9.17) is 0 Å². The third-order valence-corrected chi connectivity index (χ3v) is 4.52. The van der Waals surface area contributed by atoms with Crippen LogP contribution in [0.15, 0.2) is 49.1 Å². The van der Waals surface area contributed by atoms with Crippen LogP contribution >= 0.6 is 0 Å². The van der Waals surface area contributed by atoms with Crippen molar-refractivity contribution < 1.29 is 4.79 Å². The Labute approximate surface area is 143 Å². The summed E-state index contributed by atoms with van der Waals surface area (Å²) < 4.78 is 2.19. The van der Waals surface area contributed by atoms with Crippen LogP contribution in [-0.2, 0) is 11.3 Å². The number of likely N-dealkylation sites (tertiary alicyclic amines) is 1. The molecule has 1 amide bonds. The zero-order valence-corrected chi connectivity index (χ0v) is 14.1. The fourth-order valence-electron chi connectivity index (χ4n) is 3.26. The van der Waals surface area contributed by atoms with Crippen molar-refractivity contribution in [1.29, 1.82) is 0 Å². The SMILES string of the molecule is C/C=C/CC(=O)N1CCC[C@@H](c2nccn2Cc2ccncc2)C1. The summed E-state index contributed by atoms with van der Waals surface area (Å²) in [5.41, 5.74) is 1.21. The van der Waals surface area contributed by atoms with Crippen molar-refractivity contribution in [1.82, 2.24) is 19.4 Å². The molecule has 5 heteroatoms. The fraction of sp³-hybridized carbons (Fsp3) is 0.421. The summed E-state index contributed by atoms with van der Waals surface area (Å²) >= 11 is 0. The van der Waals surface area contributed by atoms with E-state index in [1.807, 2.05) is 60.9 Å². The van der Waals surface area contributed by atoms with Crippen LogP contribution in [0.1, 0.15) is 43.5 Å². The second kappa shape index (κ2) is 7.90. The average molecular weight is 324 g/mol. The lowest BCUT2D eigenvalue weighted by atomic mass is 9.96. The molecule has 24 heavy (non-hydrogen) atoms. The summed E-state index contributed by atoms with van der Waals surface area (Å²) in [4.78, 5) is 22.9. The molecule has 0 aromatic carbocycles. The molecule has 0 bridgehead atoms. The number of allylic oxidation sites excluding steroid dienone is 1. The van der Waals surface area contributed by atoms with Gasteiger partial charge in [-0.2, -0.15) is 0 Å². The van der Waals surface area contributed by atoms with E-state index in [2.05, 4.69) is 14.5 Å². The highest BCUT2D eigenvalue weighted by atomic mass is 16.2. The highest BCUT2D eigenvalue weighted by Gasteiger charge is 2.26. The molecule has 3 rings (SSSR count). The molecule has 0 aliphatic carbocycles. The van der Waals surface area contributed by atoms with Crippen molar-refractivity contribution in [2.75, 3.05) is 13.1 Å². The number of hydrogen-bond donors (Lipinski definition) is 0. The average Bonchev–Trinajstić information content (AvgIpc) is 3.09. The van der Waals surface area contributed by atoms with Gasteiger partial charge in [-0.15, -0.1) is 0 Å². The molecule has 0 spiro atoms. The summed E-state index contributed by atoms with van der Waals surface area (Å²) in [7, 11) is 0. The monoisotopic (exact) mass is 324 g/mol. The van der Waals surface area contributed by atoms with E-state index >= 15 is 0 Å². The number of imidazole rings is 1. The van der Waals surface area contributed by atoms with E-state index in [-0.39, 0.29) is 5.91 Å². The molecule has 2 aromatic heterocycles. The number of carbonyl (C=O) groups is 1. The highest BCUT2D eigenvalue weighted by molar-refractivity contribution is 5.77. The number of carbonyl (C=O) groups excluding carboxylic acids is 1. The minimum Gasteiger partial charge on any atom is -0.342 e. The number of pyridine rings is 1. The van der Waals surface area contributed by atoms with Crippen molar-refractivity contribution in [2.45, 2.75) is 38.6 Å². The van der Waals surface area contributed by atoms with Gasteiger partial charge in [0.05, 0.1) is 0 Å². The third kappa shape index (κ3) is 3.91. The van der Waals surface area contributed by atoms with Crippen LogP contribution in [0.4, 0.5) is 0 Å². The lowest BCUT2D eigenvalue weighted by Gasteiger charge is -2.32. The lowest BCUT2D eigenvalue weighted by Crippen LogP contribution is -2.39. The molecule has 1 fully saturated rings. The van der Waals surface area contributed by atoms with E-state index in [0.29, 0.717) is 12.3 Å². The molecule has 126 valence electrons. The molecule has 1 aliphatic heterocycles. The Morgan fingerprint density at radius 3 is 2.96 bits per heavy atom. The maximum absolute atomic E-state index is 12.3. The predicted molar refractivity (Wildman–Crippen MR) is 93.6 cm³/mol. The standard InChI is InChI=1S/C19H24N4O/c1-2-3-6-18(24)22-12-4-5-17(15-22)19-21-11-13-23(19)14-16-7-9-20-10-8-16/h2-3,7-11,13,17H,4-6,12,14-15H2,1H3/b3-2+/t17-/m1/s1. The number of rotatable bonds is 5. The van der Waals surface area contributed by atoms with E-state index in [0.717, 1.165) is 38.3 Å². The van der Waals surface area contributed by atoms with Gasteiger partial charge in [0.25, 0.3) is 0 Å². The first-order valence-electron chi connectivity index (χ1n) is 8.56. The first-order chi connectivity index (χ1) is 11.8. The van der Waals surface area contributed by atoms with Gasteiger partial charge in [-0.3, -0.25) is 9.78 Å². The molecule has 2 aromatic rings. The maximum Gasteiger partial charge on any atom is 0.226 e. The van der Waals surface area contributed by atoms with Crippen LogP contribution in [0.2, 0.25) is 0 Å². The normalized spacial score (nSPS) is 18.2. The molecule has 3 heterocycles. The quantitative estimate of drug-likeness (QED) is 0.795. The number of hydrogen-bond acceptors (Lipinski definition) is 3. The van der Waals surface area contributed by atoms with Crippen molar-refractivity contribution >= 4 is 5.91 Å². The molecule has 1 atom stereocenters.